The first-order chi connectivity index (χ1) is 9.31. The molecule has 0 bridgehead atoms. The van der Waals surface area contributed by atoms with Gasteiger partial charge in [-0.2, -0.15) is 0 Å². The maximum atomic E-state index is 5.65. The molecule has 3 heterocycles. The van der Waals surface area contributed by atoms with Gasteiger partial charge in [-0.1, -0.05) is 0 Å². The molecule has 2 aromatic rings. The minimum Gasteiger partial charge on any atom is -0.379 e. The number of anilines is 1. The third kappa shape index (κ3) is 3.30. The predicted molar refractivity (Wildman–Crippen MR) is 78.6 cm³/mol. The van der Waals surface area contributed by atoms with E-state index >= 15 is 0 Å². The minimum absolute atomic E-state index is 0.610. The molecule has 2 N–H and O–H groups in total. The zero-order valence-corrected chi connectivity index (χ0v) is 12.2. The van der Waals surface area contributed by atoms with Crippen molar-refractivity contribution in [3.8, 4) is 10.6 Å². The van der Waals surface area contributed by atoms with Gasteiger partial charge in [0.1, 0.15) is 0 Å². The average Bonchev–Trinajstić information content (AvgIpc) is 3.06. The van der Waals surface area contributed by atoms with E-state index in [-0.39, 0.29) is 0 Å². The van der Waals surface area contributed by atoms with Crippen molar-refractivity contribution in [3.63, 3.8) is 0 Å². The first-order valence-electron chi connectivity index (χ1n) is 6.27. The van der Waals surface area contributed by atoms with Gasteiger partial charge in [0.25, 0.3) is 0 Å². The molecule has 102 valence electrons. The monoisotopic (exact) mass is 296 g/mol. The normalized spacial score (nSPS) is 16.8. The average molecular weight is 296 g/mol. The summed E-state index contributed by atoms with van der Waals surface area (Å²) < 4.78 is 5.34. The number of nitrogens with two attached hydrogens (primary N) is 1. The second-order valence-electron chi connectivity index (χ2n) is 4.39. The van der Waals surface area contributed by atoms with Crippen LogP contribution < -0.4 is 5.73 Å². The van der Waals surface area contributed by atoms with Crippen LogP contribution in [0.15, 0.2) is 11.6 Å². The Bertz CT molecular complexity index is 533. The molecular weight excluding hydrogens is 280 g/mol. The number of morpholine rings is 1. The topological polar surface area (TPSA) is 64.3 Å². The van der Waals surface area contributed by atoms with Gasteiger partial charge in [0.2, 0.25) is 0 Å². The van der Waals surface area contributed by atoms with Gasteiger partial charge in [0, 0.05) is 37.6 Å². The number of nitrogens with zero attached hydrogens (tertiary/aromatic N) is 3. The lowest BCUT2D eigenvalue weighted by molar-refractivity contribution is 0.0384. The lowest BCUT2D eigenvalue weighted by Gasteiger charge is -2.25. The third-order valence-corrected chi connectivity index (χ3v) is 4.83. The van der Waals surface area contributed by atoms with Crippen molar-refractivity contribution in [1.29, 1.82) is 0 Å². The van der Waals surface area contributed by atoms with Crippen LogP contribution in [0.25, 0.3) is 10.6 Å². The lowest BCUT2D eigenvalue weighted by atomic mass is 10.3. The molecule has 0 amide bonds. The Kier molecular flexibility index (Phi) is 4.07. The zero-order valence-electron chi connectivity index (χ0n) is 10.5. The molecule has 0 aliphatic carbocycles. The van der Waals surface area contributed by atoms with Gasteiger partial charge in [-0.05, 0) is 0 Å². The Labute approximate surface area is 120 Å². The first kappa shape index (κ1) is 13.0. The highest BCUT2D eigenvalue weighted by Gasteiger charge is 2.12. The Morgan fingerprint density at radius 2 is 2.21 bits per heavy atom. The number of hydrogen-bond donors (Lipinski definition) is 1. The van der Waals surface area contributed by atoms with E-state index in [0.29, 0.717) is 5.13 Å². The van der Waals surface area contributed by atoms with Gasteiger partial charge in [0.15, 0.2) is 5.13 Å². The number of thiazole rings is 2. The molecule has 0 unspecified atom stereocenters. The molecule has 19 heavy (non-hydrogen) atoms. The lowest BCUT2D eigenvalue weighted by Crippen LogP contribution is -2.37. The molecule has 2 aromatic heterocycles. The first-order valence-corrected chi connectivity index (χ1v) is 7.97. The fourth-order valence-corrected chi connectivity index (χ4v) is 3.53. The molecule has 1 aliphatic heterocycles. The van der Waals surface area contributed by atoms with E-state index in [0.717, 1.165) is 54.8 Å². The maximum absolute atomic E-state index is 5.65. The highest BCUT2D eigenvalue weighted by molar-refractivity contribution is 7.16. The van der Waals surface area contributed by atoms with Gasteiger partial charge in [-0.25, -0.2) is 9.97 Å². The van der Waals surface area contributed by atoms with Crippen LogP contribution in [0.3, 0.4) is 0 Å². The molecule has 3 rings (SSSR count). The summed E-state index contributed by atoms with van der Waals surface area (Å²) >= 11 is 3.18. The predicted octanol–water partition coefficient (Wildman–Crippen LogP) is 1.72. The van der Waals surface area contributed by atoms with Crippen molar-refractivity contribution in [2.45, 2.75) is 6.42 Å². The number of nitrogen functional groups attached to an aromatic ring is 1. The Balaban J connectivity index is 1.58. The molecule has 0 saturated carbocycles. The van der Waals surface area contributed by atoms with Crippen LogP contribution >= 0.6 is 22.7 Å². The van der Waals surface area contributed by atoms with Crippen molar-refractivity contribution in [1.82, 2.24) is 14.9 Å². The summed E-state index contributed by atoms with van der Waals surface area (Å²) in [5.41, 5.74) is 6.59. The fraction of sp³-hybridized carbons (Fsp3) is 0.500. The van der Waals surface area contributed by atoms with Crippen LogP contribution in [-0.2, 0) is 11.2 Å². The van der Waals surface area contributed by atoms with E-state index in [9.17, 15) is 0 Å². The molecule has 7 heteroatoms. The SMILES string of the molecule is Nc1nc(-c2cnc(CCN3CCOCC3)s2)cs1. The molecule has 0 spiro atoms. The van der Waals surface area contributed by atoms with Crippen LogP contribution in [0.4, 0.5) is 5.13 Å². The van der Waals surface area contributed by atoms with Gasteiger partial charge >= 0.3 is 0 Å². The quantitative estimate of drug-likeness (QED) is 0.931. The second kappa shape index (κ2) is 5.96. The standard InChI is InChI=1S/C12H16N4OS2/c13-12-15-9(8-18-12)10-7-14-11(19-10)1-2-16-3-5-17-6-4-16/h7-8H,1-6H2,(H2,13,15). The van der Waals surface area contributed by atoms with Crippen LogP contribution in [-0.4, -0.2) is 47.7 Å². The van der Waals surface area contributed by atoms with Crippen LogP contribution in [0.2, 0.25) is 0 Å². The fourth-order valence-electron chi connectivity index (χ4n) is 2.02. The van der Waals surface area contributed by atoms with E-state index in [4.69, 9.17) is 10.5 Å². The van der Waals surface area contributed by atoms with Crippen LogP contribution in [0, 0.1) is 0 Å². The molecule has 1 aliphatic rings. The summed E-state index contributed by atoms with van der Waals surface area (Å²) in [7, 11) is 0. The molecule has 1 fully saturated rings. The molecule has 0 radical (unpaired) electrons. The number of rotatable bonds is 4. The van der Waals surface area contributed by atoms with Crippen molar-refractivity contribution < 1.29 is 4.74 Å². The van der Waals surface area contributed by atoms with Crippen LogP contribution in [0.5, 0.6) is 0 Å². The second-order valence-corrected chi connectivity index (χ2v) is 6.40. The van der Waals surface area contributed by atoms with E-state index in [2.05, 4.69) is 14.9 Å². The molecule has 0 atom stereocenters. The van der Waals surface area contributed by atoms with E-state index in [1.807, 2.05) is 11.6 Å². The van der Waals surface area contributed by atoms with Gasteiger partial charge < -0.3 is 10.5 Å². The third-order valence-electron chi connectivity index (χ3n) is 3.07. The number of ether oxygens (including phenoxy) is 1. The van der Waals surface area contributed by atoms with Crippen molar-refractivity contribution in [3.05, 3.63) is 16.6 Å². The minimum atomic E-state index is 0.610. The van der Waals surface area contributed by atoms with Gasteiger partial charge in [0.05, 0.1) is 28.8 Å². The summed E-state index contributed by atoms with van der Waals surface area (Å²) in [6.45, 7) is 4.81. The zero-order chi connectivity index (χ0) is 13.1. The van der Waals surface area contributed by atoms with E-state index in [1.54, 1.807) is 11.3 Å². The Hall–Kier alpha value is -1.02. The van der Waals surface area contributed by atoms with Gasteiger partial charge in [-0.3, -0.25) is 4.90 Å². The van der Waals surface area contributed by atoms with Gasteiger partial charge in [-0.15, -0.1) is 22.7 Å². The van der Waals surface area contributed by atoms with E-state index in [1.165, 1.54) is 11.3 Å². The molecular formula is C12H16N4OS2. The molecule has 1 saturated heterocycles. The summed E-state index contributed by atoms with van der Waals surface area (Å²) in [4.78, 5) is 12.3. The summed E-state index contributed by atoms with van der Waals surface area (Å²) in [5.74, 6) is 0. The van der Waals surface area contributed by atoms with Crippen molar-refractivity contribution >= 4 is 27.8 Å². The molecule has 5 nitrogen and oxygen atoms in total. The number of hydrogen-bond acceptors (Lipinski definition) is 7. The van der Waals surface area contributed by atoms with E-state index < -0.39 is 0 Å². The molecule has 0 aromatic carbocycles. The van der Waals surface area contributed by atoms with Crippen LogP contribution in [0.1, 0.15) is 5.01 Å². The summed E-state index contributed by atoms with van der Waals surface area (Å²) in [5, 5.41) is 3.75. The smallest absolute Gasteiger partial charge is 0.180 e. The summed E-state index contributed by atoms with van der Waals surface area (Å²) in [6.07, 6.45) is 2.89. The maximum Gasteiger partial charge on any atom is 0.180 e. The Morgan fingerprint density at radius 1 is 1.37 bits per heavy atom. The highest BCUT2D eigenvalue weighted by atomic mass is 32.1. The largest absolute Gasteiger partial charge is 0.379 e. The Morgan fingerprint density at radius 3 is 2.95 bits per heavy atom. The summed E-state index contributed by atoms with van der Waals surface area (Å²) in [6, 6.07) is 0. The highest BCUT2D eigenvalue weighted by Crippen LogP contribution is 2.28. The van der Waals surface area contributed by atoms with Crippen molar-refractivity contribution in [2.75, 3.05) is 38.6 Å². The number of aromatic nitrogens is 2. The van der Waals surface area contributed by atoms with Crippen molar-refractivity contribution in [2.24, 2.45) is 0 Å².